The van der Waals surface area contributed by atoms with E-state index in [0.29, 0.717) is 57.4 Å². The van der Waals surface area contributed by atoms with Crippen molar-refractivity contribution in [3.63, 3.8) is 0 Å². The van der Waals surface area contributed by atoms with Gasteiger partial charge in [0.1, 0.15) is 54.3 Å². The number of pyridine rings is 2. The fourth-order valence-corrected chi connectivity index (χ4v) is 17.5. The number of fused-ring (bicyclic) bond motifs is 5. The molecule has 3 amide bonds. The maximum absolute atomic E-state index is 18.6. The molecule has 4 aliphatic heterocycles. The van der Waals surface area contributed by atoms with Crippen molar-refractivity contribution < 1.29 is 37.7 Å². The van der Waals surface area contributed by atoms with Crippen molar-refractivity contribution in [1.29, 1.82) is 0 Å². The molecule has 0 saturated carbocycles. The first-order chi connectivity index (χ1) is 36.0. The number of allylic oxidation sites excluding steroid dienone is 2. The Labute approximate surface area is 456 Å². The van der Waals surface area contributed by atoms with Crippen LogP contribution in [0, 0.1) is 17.3 Å². The number of hydrogen-bond acceptors (Lipinski definition) is 13. The van der Waals surface area contributed by atoms with Gasteiger partial charge in [0.05, 0.1) is 28.5 Å². The number of ether oxygens (including phenoxy) is 4. The van der Waals surface area contributed by atoms with Crippen molar-refractivity contribution in [3.8, 4) is 28.7 Å². The quantitative estimate of drug-likeness (QED) is 0.0677. The summed E-state index contributed by atoms with van der Waals surface area (Å²) in [4.78, 5) is 69.2. The Hall–Kier alpha value is -6.12. The predicted molar refractivity (Wildman–Crippen MR) is 305 cm³/mol. The number of imide groups is 1. The van der Waals surface area contributed by atoms with Crippen LogP contribution in [0.15, 0.2) is 53.8 Å². The van der Waals surface area contributed by atoms with Gasteiger partial charge in [-0.1, -0.05) is 76.8 Å². The van der Waals surface area contributed by atoms with Crippen molar-refractivity contribution in [3.05, 3.63) is 65.1 Å². The molecule has 7 heterocycles. The second-order valence-corrected chi connectivity index (χ2v) is 31.1. The van der Waals surface area contributed by atoms with E-state index in [9.17, 15) is 14.4 Å². The number of piperazine rings is 1. The summed E-state index contributed by atoms with van der Waals surface area (Å²) >= 11 is 0. The highest BCUT2D eigenvalue weighted by Gasteiger charge is 2.50. The van der Waals surface area contributed by atoms with Crippen molar-refractivity contribution >= 4 is 59.8 Å². The summed E-state index contributed by atoms with van der Waals surface area (Å²) < 4.78 is 42.9. The summed E-state index contributed by atoms with van der Waals surface area (Å²) in [6, 6.07) is 6.59. The van der Waals surface area contributed by atoms with Gasteiger partial charge < -0.3 is 23.8 Å². The number of anilines is 2. The van der Waals surface area contributed by atoms with Gasteiger partial charge >= 0.3 is 24.3 Å². The standard InChI is InChI=1S/C60H81FN8O7Si/c1-18-39-28-60(29-40(19-2)32-67(60)31-39)35-73-53-64-51-45(52(65-53)66-33-42-23-24-43(34-66)68(42)54(70)74-57(9,10)11)30-62-50(49(51)61)44-27-47(69(55(71)75-58(12,13)14)56(72)76-59(15,16)17)63-46-22-20-21-41(48(44)46)25-26-77(36(3)4,37(5)6)38(7)8/h18-22,27,30,36-38,42-43H,23-24,28-29,31-35H2,1-17H3. The highest BCUT2D eigenvalue weighted by Crippen LogP contribution is 2.46. The van der Waals surface area contributed by atoms with Crippen LogP contribution in [0.1, 0.15) is 149 Å². The van der Waals surface area contributed by atoms with E-state index in [1.165, 1.54) is 17.2 Å². The topological polar surface area (TPSA) is 153 Å². The first-order valence-corrected chi connectivity index (χ1v) is 29.7. The minimum Gasteiger partial charge on any atom is -0.461 e. The summed E-state index contributed by atoms with van der Waals surface area (Å²) in [6.07, 6.45) is 6.70. The third-order valence-electron chi connectivity index (χ3n) is 15.6. The summed E-state index contributed by atoms with van der Waals surface area (Å²) in [5.41, 5.74) is 5.43. The van der Waals surface area contributed by atoms with Gasteiger partial charge in [-0.3, -0.25) is 14.8 Å². The lowest BCUT2D eigenvalue weighted by molar-refractivity contribution is 0.0122. The monoisotopic (exact) mass is 1070 g/mol. The predicted octanol–water partition coefficient (Wildman–Crippen LogP) is 13.3. The lowest BCUT2D eigenvalue weighted by Gasteiger charge is -2.42. The van der Waals surface area contributed by atoms with E-state index in [0.717, 1.165) is 43.7 Å². The van der Waals surface area contributed by atoms with Crippen LogP contribution in [0.2, 0.25) is 16.6 Å². The Morgan fingerprint density at radius 3 is 1.90 bits per heavy atom. The Balaban J connectivity index is 1.36. The molecule has 4 fully saturated rings. The SMILES string of the molecule is CC=C1CN2CC(=CC)CC2(COc2nc(N3CC4CCC(C3)N4C(=O)OC(C)(C)C)c3cnc(-c4cc(N(C(=O)OC(C)(C)C)C(=O)OC(C)(C)C)nc5cccc(C#C[Si](C(C)C)(C(C)C)C(C)C)c45)c(F)c3n2)C1. The Kier molecular flexibility index (Phi) is 15.8. The number of amides is 3. The molecule has 4 aliphatic rings. The Morgan fingerprint density at radius 1 is 0.818 bits per heavy atom. The maximum Gasteiger partial charge on any atom is 0.425 e. The molecule has 77 heavy (non-hydrogen) atoms. The molecule has 2 atom stereocenters. The molecular weight excluding hydrogens is 992 g/mol. The molecule has 0 radical (unpaired) electrons. The molecule has 414 valence electrons. The van der Waals surface area contributed by atoms with Crippen LogP contribution in [-0.4, -0.2) is 123 Å². The van der Waals surface area contributed by atoms with Crippen LogP contribution >= 0.6 is 0 Å². The largest absolute Gasteiger partial charge is 0.461 e. The average Bonchev–Trinajstić information content (AvgIpc) is 3.94. The number of carbonyl (C=O) groups excluding carboxylic acids is 3. The summed E-state index contributed by atoms with van der Waals surface area (Å²) in [7, 11) is -2.32. The zero-order valence-corrected chi connectivity index (χ0v) is 49.6. The smallest absolute Gasteiger partial charge is 0.425 e. The molecule has 0 spiro atoms. The van der Waals surface area contributed by atoms with Gasteiger partial charge in [-0.25, -0.2) is 23.8 Å². The molecule has 0 aliphatic carbocycles. The van der Waals surface area contributed by atoms with E-state index in [1.54, 1.807) is 53.8 Å². The normalized spacial score (nSPS) is 21.2. The highest BCUT2D eigenvalue weighted by atomic mass is 28.3. The van der Waals surface area contributed by atoms with E-state index in [-0.39, 0.29) is 58.9 Å². The van der Waals surface area contributed by atoms with Gasteiger partial charge in [-0.2, -0.15) is 14.9 Å². The lowest BCUT2D eigenvalue weighted by Crippen LogP contribution is -2.57. The summed E-state index contributed by atoms with van der Waals surface area (Å²) in [5, 5.41) is 0.825. The minimum atomic E-state index is -2.32. The second kappa shape index (κ2) is 21.3. The van der Waals surface area contributed by atoms with Gasteiger partial charge in [0.15, 0.2) is 5.82 Å². The van der Waals surface area contributed by atoms with E-state index < -0.39 is 42.9 Å². The molecule has 4 aromatic rings. The van der Waals surface area contributed by atoms with Crippen molar-refractivity contribution in [2.75, 3.05) is 42.6 Å². The molecular formula is C60H81FN8O7Si. The number of halogens is 1. The molecule has 4 saturated heterocycles. The second-order valence-electron chi connectivity index (χ2n) is 25.5. The molecule has 2 unspecified atom stereocenters. The minimum absolute atomic E-state index is 0.00728. The van der Waals surface area contributed by atoms with Gasteiger partial charge in [-0.05, 0) is 137 Å². The van der Waals surface area contributed by atoms with Gasteiger partial charge in [0, 0.05) is 48.9 Å². The zero-order valence-electron chi connectivity index (χ0n) is 48.6. The first kappa shape index (κ1) is 57.1. The molecule has 1 aromatic carbocycles. The fraction of sp³-hybridized carbons (Fsp3) is 0.583. The number of carbonyl (C=O) groups is 3. The third kappa shape index (κ3) is 11.6. The lowest BCUT2D eigenvalue weighted by atomic mass is 9.91. The van der Waals surface area contributed by atoms with Crippen molar-refractivity contribution in [2.24, 2.45) is 0 Å². The van der Waals surface area contributed by atoms with Crippen LogP contribution in [0.5, 0.6) is 6.01 Å². The van der Waals surface area contributed by atoms with E-state index >= 15 is 4.39 Å². The van der Waals surface area contributed by atoms with Crippen LogP contribution in [0.3, 0.4) is 0 Å². The number of rotatable bonds is 9. The first-order valence-electron chi connectivity index (χ1n) is 27.5. The molecule has 0 N–H and O–H groups in total. The van der Waals surface area contributed by atoms with Crippen LogP contribution < -0.4 is 14.5 Å². The number of nitrogens with zero attached hydrogens (tertiary/aromatic N) is 8. The van der Waals surface area contributed by atoms with Gasteiger partial charge in [-0.15, -0.1) is 5.54 Å². The Morgan fingerprint density at radius 2 is 1.38 bits per heavy atom. The number of hydrogen-bond donors (Lipinski definition) is 0. The van der Waals surface area contributed by atoms with Crippen molar-refractivity contribution in [2.45, 2.75) is 194 Å². The van der Waals surface area contributed by atoms with E-state index in [2.05, 4.69) is 88.8 Å². The summed E-state index contributed by atoms with van der Waals surface area (Å²) in [6.45, 7) is 36.1. The molecule has 3 aromatic heterocycles. The number of benzene rings is 1. The van der Waals surface area contributed by atoms with Gasteiger partial charge in [0.2, 0.25) is 0 Å². The number of aromatic nitrogens is 4. The summed E-state index contributed by atoms with van der Waals surface area (Å²) in [5.74, 6) is 3.08. The molecule has 8 rings (SSSR count). The van der Waals surface area contributed by atoms with Crippen molar-refractivity contribution in [1.82, 2.24) is 29.7 Å². The van der Waals surface area contributed by atoms with Crippen LogP contribution in [0.25, 0.3) is 33.1 Å². The van der Waals surface area contributed by atoms with Crippen LogP contribution in [-0.2, 0) is 14.2 Å². The third-order valence-corrected chi connectivity index (χ3v) is 21.9. The Bertz CT molecular complexity index is 3000. The average molecular weight is 1070 g/mol. The molecule has 17 heteroatoms. The van der Waals surface area contributed by atoms with E-state index in [1.807, 2.05) is 37.8 Å². The van der Waals surface area contributed by atoms with Gasteiger partial charge in [0.25, 0.3) is 0 Å². The maximum atomic E-state index is 18.6. The van der Waals surface area contributed by atoms with E-state index in [4.69, 9.17) is 38.9 Å². The molecule has 15 nitrogen and oxygen atoms in total. The highest BCUT2D eigenvalue weighted by molar-refractivity contribution is 6.90. The van der Waals surface area contributed by atoms with Crippen LogP contribution in [0.4, 0.5) is 30.4 Å². The zero-order chi connectivity index (χ0) is 56.3. The molecule has 2 bridgehead atoms. The fourth-order valence-electron chi connectivity index (χ4n) is 12.3.